The molecule has 2 unspecified atom stereocenters. The van der Waals surface area contributed by atoms with Gasteiger partial charge in [0.2, 0.25) is 0 Å². The Morgan fingerprint density at radius 2 is 2.35 bits per heavy atom. The summed E-state index contributed by atoms with van der Waals surface area (Å²) in [6, 6.07) is -0.297. The number of methoxy groups -OCH3 is 1. The molecule has 0 aliphatic carbocycles. The van der Waals surface area contributed by atoms with Crippen LogP contribution in [0.2, 0.25) is 0 Å². The van der Waals surface area contributed by atoms with Crippen LogP contribution in [0.3, 0.4) is 0 Å². The van der Waals surface area contributed by atoms with E-state index >= 15 is 0 Å². The number of unbranched alkanes of at least 4 members (excludes halogenated alkanes) is 1. The monoisotopic (exact) mass is 243 g/mol. The summed E-state index contributed by atoms with van der Waals surface area (Å²) in [6.07, 6.45) is 5.06. The van der Waals surface area contributed by atoms with Crippen molar-refractivity contribution in [1.82, 2.24) is 4.90 Å². The fourth-order valence-electron chi connectivity index (χ4n) is 2.61. The molecule has 100 valence electrons. The highest BCUT2D eigenvalue weighted by atomic mass is 16.5. The fourth-order valence-corrected chi connectivity index (χ4v) is 2.61. The lowest BCUT2D eigenvalue weighted by Gasteiger charge is -2.36. The Balaban J connectivity index is 2.51. The molecule has 17 heavy (non-hydrogen) atoms. The first-order chi connectivity index (χ1) is 8.19. The summed E-state index contributed by atoms with van der Waals surface area (Å²) in [7, 11) is 1.71. The van der Waals surface area contributed by atoms with Crippen LogP contribution in [0.1, 0.15) is 39.0 Å². The molecule has 2 atom stereocenters. The second-order valence-corrected chi connectivity index (χ2v) is 4.95. The van der Waals surface area contributed by atoms with E-state index in [1.165, 1.54) is 0 Å². The van der Waals surface area contributed by atoms with Crippen LogP contribution in [-0.2, 0) is 9.53 Å². The number of aliphatic carboxylic acids is 1. The number of rotatable bonds is 7. The van der Waals surface area contributed by atoms with Crippen LogP contribution in [0.5, 0.6) is 0 Å². The molecule has 1 N–H and O–H groups in total. The van der Waals surface area contributed by atoms with Crippen LogP contribution in [0.4, 0.5) is 0 Å². The number of likely N-dealkylation sites (tertiary alicyclic amines) is 1. The van der Waals surface area contributed by atoms with E-state index in [2.05, 4.69) is 11.8 Å². The minimum atomic E-state index is -0.670. The minimum Gasteiger partial charge on any atom is -0.480 e. The molecule has 0 saturated carbocycles. The predicted octanol–water partition coefficient (Wildman–Crippen LogP) is 1.99. The summed E-state index contributed by atoms with van der Waals surface area (Å²) in [5.41, 5.74) is 0. The zero-order valence-electron chi connectivity index (χ0n) is 11.0. The van der Waals surface area contributed by atoms with Gasteiger partial charge in [0, 0.05) is 13.7 Å². The molecule has 1 heterocycles. The Hall–Kier alpha value is -0.610. The van der Waals surface area contributed by atoms with E-state index in [-0.39, 0.29) is 6.04 Å². The third kappa shape index (κ3) is 4.64. The summed E-state index contributed by atoms with van der Waals surface area (Å²) in [6.45, 7) is 4.63. The molecule has 1 rings (SSSR count). The largest absolute Gasteiger partial charge is 0.480 e. The molecule has 0 bridgehead atoms. The lowest BCUT2D eigenvalue weighted by atomic mass is 9.96. The summed E-state index contributed by atoms with van der Waals surface area (Å²) in [4.78, 5) is 13.4. The predicted molar refractivity (Wildman–Crippen MR) is 67.1 cm³/mol. The lowest BCUT2D eigenvalue weighted by molar-refractivity contribution is -0.144. The zero-order chi connectivity index (χ0) is 12.7. The third-order valence-electron chi connectivity index (χ3n) is 3.51. The fraction of sp³-hybridized carbons (Fsp3) is 0.923. The van der Waals surface area contributed by atoms with Gasteiger partial charge in [0.15, 0.2) is 0 Å². The second-order valence-electron chi connectivity index (χ2n) is 4.95. The molecule has 4 heteroatoms. The van der Waals surface area contributed by atoms with Crippen LogP contribution < -0.4 is 0 Å². The highest BCUT2D eigenvalue weighted by Crippen LogP contribution is 2.21. The van der Waals surface area contributed by atoms with Crippen molar-refractivity contribution < 1.29 is 14.6 Å². The number of ether oxygens (including phenoxy) is 1. The van der Waals surface area contributed by atoms with Crippen molar-refractivity contribution in [3.05, 3.63) is 0 Å². The molecule has 1 aliphatic rings. The van der Waals surface area contributed by atoms with Gasteiger partial charge in [0.25, 0.3) is 0 Å². The van der Waals surface area contributed by atoms with Crippen LogP contribution in [-0.4, -0.2) is 48.8 Å². The third-order valence-corrected chi connectivity index (χ3v) is 3.51. The Labute approximate surface area is 104 Å². The first-order valence-electron chi connectivity index (χ1n) is 6.64. The molecule has 1 aliphatic heterocycles. The van der Waals surface area contributed by atoms with Crippen molar-refractivity contribution in [3.63, 3.8) is 0 Å². The van der Waals surface area contributed by atoms with E-state index in [1.54, 1.807) is 7.11 Å². The number of hydrogen-bond donors (Lipinski definition) is 1. The molecule has 0 aromatic carbocycles. The molecule has 0 aromatic rings. The van der Waals surface area contributed by atoms with E-state index in [1.807, 2.05) is 0 Å². The molecular formula is C13H25NO3. The first kappa shape index (κ1) is 14.5. The van der Waals surface area contributed by atoms with Gasteiger partial charge in [0.05, 0.1) is 6.61 Å². The quantitative estimate of drug-likeness (QED) is 0.743. The second kappa shape index (κ2) is 7.67. The van der Waals surface area contributed by atoms with Gasteiger partial charge >= 0.3 is 5.97 Å². The van der Waals surface area contributed by atoms with Crippen LogP contribution in [0, 0.1) is 5.92 Å². The molecule has 0 aromatic heterocycles. The van der Waals surface area contributed by atoms with Crippen molar-refractivity contribution in [2.45, 2.75) is 45.1 Å². The molecule has 1 saturated heterocycles. The normalized spacial score (nSPS) is 23.5. The Morgan fingerprint density at radius 3 is 2.94 bits per heavy atom. The van der Waals surface area contributed by atoms with Gasteiger partial charge in [-0.3, -0.25) is 9.69 Å². The molecule has 1 fully saturated rings. The maximum absolute atomic E-state index is 11.3. The maximum atomic E-state index is 11.3. The summed E-state index contributed by atoms with van der Waals surface area (Å²) in [5.74, 6) is -0.172. The lowest BCUT2D eigenvalue weighted by Crippen LogP contribution is -2.47. The van der Waals surface area contributed by atoms with E-state index in [9.17, 15) is 9.90 Å². The van der Waals surface area contributed by atoms with Crippen molar-refractivity contribution in [2.75, 3.05) is 26.8 Å². The Bertz CT molecular complexity index is 231. The summed E-state index contributed by atoms with van der Waals surface area (Å²) < 4.78 is 5.18. The first-order valence-corrected chi connectivity index (χ1v) is 6.64. The number of piperidine rings is 1. The average Bonchev–Trinajstić information content (AvgIpc) is 2.30. The Morgan fingerprint density at radius 1 is 1.59 bits per heavy atom. The van der Waals surface area contributed by atoms with E-state index < -0.39 is 5.97 Å². The molecule has 4 nitrogen and oxygen atoms in total. The minimum absolute atomic E-state index is 0.297. The van der Waals surface area contributed by atoms with Crippen LogP contribution >= 0.6 is 0 Å². The van der Waals surface area contributed by atoms with Crippen molar-refractivity contribution >= 4 is 5.97 Å². The van der Waals surface area contributed by atoms with Gasteiger partial charge in [-0.1, -0.05) is 19.8 Å². The van der Waals surface area contributed by atoms with Gasteiger partial charge in [-0.05, 0) is 31.7 Å². The average molecular weight is 243 g/mol. The molecular weight excluding hydrogens is 218 g/mol. The Kier molecular flexibility index (Phi) is 6.52. The summed E-state index contributed by atoms with van der Waals surface area (Å²) in [5, 5.41) is 9.30. The van der Waals surface area contributed by atoms with Gasteiger partial charge in [-0.2, -0.15) is 0 Å². The standard InChI is InChI=1S/C13H25NO3/c1-3-4-7-12(13(15)16)14-8-5-6-11(9-14)10-17-2/h11-12H,3-10H2,1-2H3,(H,15,16). The molecule has 0 spiro atoms. The van der Waals surface area contributed by atoms with Gasteiger partial charge in [0.1, 0.15) is 6.04 Å². The SMILES string of the molecule is CCCCC(C(=O)O)N1CCCC(COC)C1. The highest BCUT2D eigenvalue weighted by Gasteiger charge is 2.29. The molecule has 0 amide bonds. The maximum Gasteiger partial charge on any atom is 0.320 e. The number of carboxylic acids is 1. The smallest absolute Gasteiger partial charge is 0.320 e. The van der Waals surface area contributed by atoms with Crippen LogP contribution in [0.15, 0.2) is 0 Å². The van der Waals surface area contributed by atoms with Gasteiger partial charge in [-0.25, -0.2) is 0 Å². The number of hydrogen-bond acceptors (Lipinski definition) is 3. The highest BCUT2D eigenvalue weighted by molar-refractivity contribution is 5.73. The molecule has 0 radical (unpaired) electrons. The van der Waals surface area contributed by atoms with Crippen molar-refractivity contribution in [3.8, 4) is 0 Å². The van der Waals surface area contributed by atoms with E-state index in [0.717, 1.165) is 51.8 Å². The van der Waals surface area contributed by atoms with E-state index in [0.29, 0.717) is 5.92 Å². The number of nitrogens with zero attached hydrogens (tertiary/aromatic N) is 1. The van der Waals surface area contributed by atoms with Gasteiger partial charge < -0.3 is 9.84 Å². The van der Waals surface area contributed by atoms with Crippen LogP contribution in [0.25, 0.3) is 0 Å². The zero-order valence-corrected chi connectivity index (χ0v) is 11.0. The topological polar surface area (TPSA) is 49.8 Å². The number of carboxylic acid groups (broad SMARTS) is 1. The number of carbonyl (C=O) groups is 1. The summed E-state index contributed by atoms with van der Waals surface area (Å²) >= 11 is 0. The van der Waals surface area contributed by atoms with Crippen molar-refractivity contribution in [2.24, 2.45) is 5.92 Å². The van der Waals surface area contributed by atoms with Gasteiger partial charge in [-0.15, -0.1) is 0 Å². The van der Waals surface area contributed by atoms with E-state index in [4.69, 9.17) is 4.74 Å². The van der Waals surface area contributed by atoms with Crippen molar-refractivity contribution in [1.29, 1.82) is 0 Å².